The lowest BCUT2D eigenvalue weighted by Crippen LogP contribution is -2.10. The Labute approximate surface area is 116 Å². The Bertz CT molecular complexity index is 622. The van der Waals surface area contributed by atoms with Gasteiger partial charge in [-0.3, -0.25) is 4.79 Å². The van der Waals surface area contributed by atoms with E-state index in [1.165, 1.54) is 11.3 Å². The number of nitriles is 1. The maximum Gasteiger partial charge on any atom is 0.194 e. The molecule has 0 aliphatic rings. The van der Waals surface area contributed by atoms with Crippen LogP contribution in [0.3, 0.4) is 0 Å². The van der Waals surface area contributed by atoms with Gasteiger partial charge in [-0.05, 0) is 41.6 Å². The lowest BCUT2D eigenvalue weighted by Gasteiger charge is -2.09. The fourth-order valence-electron chi connectivity index (χ4n) is 1.84. The third-order valence-corrected chi connectivity index (χ3v) is 3.96. The largest absolute Gasteiger partial charge is 0.497 e. The number of Topliss-reactive ketones (excluding diaryl/α,β-unsaturated/α-hetero) is 1. The lowest BCUT2D eigenvalue weighted by molar-refractivity contribution is 0.0982. The second-order valence-corrected chi connectivity index (χ2v) is 5.05. The van der Waals surface area contributed by atoms with Crippen LogP contribution in [-0.4, -0.2) is 12.9 Å². The van der Waals surface area contributed by atoms with Crippen molar-refractivity contribution in [3.63, 3.8) is 0 Å². The number of thiophene rings is 1. The van der Waals surface area contributed by atoms with Gasteiger partial charge >= 0.3 is 0 Å². The number of carbonyl (C=O) groups excluding carboxylic acids is 1. The van der Waals surface area contributed by atoms with Crippen LogP contribution in [0.5, 0.6) is 5.75 Å². The number of aryl methyl sites for hydroxylation is 1. The van der Waals surface area contributed by atoms with Gasteiger partial charge in [-0.15, -0.1) is 11.3 Å². The normalized spacial score (nSPS) is 11.6. The number of ketones is 1. The molecule has 0 amide bonds. The molecule has 0 aliphatic heterocycles. The van der Waals surface area contributed by atoms with Crippen LogP contribution >= 0.6 is 11.3 Å². The van der Waals surface area contributed by atoms with Crippen molar-refractivity contribution in [1.29, 1.82) is 5.26 Å². The van der Waals surface area contributed by atoms with Gasteiger partial charge in [0.1, 0.15) is 11.7 Å². The van der Waals surface area contributed by atoms with Gasteiger partial charge in [0.25, 0.3) is 0 Å². The molecule has 1 atom stereocenters. The highest BCUT2D eigenvalue weighted by Gasteiger charge is 2.23. The fourth-order valence-corrected chi connectivity index (χ4v) is 2.73. The Morgan fingerprint density at radius 1 is 1.32 bits per heavy atom. The SMILES string of the molecule is COc1ccc(C(C#N)C(=O)c2sccc2C)cc1. The van der Waals surface area contributed by atoms with Crippen molar-refractivity contribution in [3.8, 4) is 11.8 Å². The summed E-state index contributed by atoms with van der Waals surface area (Å²) in [6.45, 7) is 1.88. The lowest BCUT2D eigenvalue weighted by atomic mass is 9.94. The van der Waals surface area contributed by atoms with Crippen molar-refractivity contribution in [3.05, 3.63) is 51.7 Å². The van der Waals surface area contributed by atoms with Crippen LogP contribution in [0.15, 0.2) is 35.7 Å². The fraction of sp³-hybridized carbons (Fsp3) is 0.200. The van der Waals surface area contributed by atoms with E-state index in [1.54, 1.807) is 31.4 Å². The molecule has 1 heterocycles. The molecule has 2 rings (SSSR count). The van der Waals surface area contributed by atoms with Crippen molar-refractivity contribution < 1.29 is 9.53 Å². The van der Waals surface area contributed by atoms with Crippen LogP contribution in [-0.2, 0) is 0 Å². The van der Waals surface area contributed by atoms with E-state index in [4.69, 9.17) is 4.74 Å². The number of hydrogen-bond acceptors (Lipinski definition) is 4. The number of carbonyl (C=O) groups is 1. The zero-order valence-corrected chi connectivity index (χ0v) is 11.5. The molecule has 1 unspecified atom stereocenters. The van der Waals surface area contributed by atoms with E-state index in [-0.39, 0.29) is 5.78 Å². The van der Waals surface area contributed by atoms with Crippen molar-refractivity contribution in [2.24, 2.45) is 0 Å². The molecular weight excluding hydrogens is 258 g/mol. The summed E-state index contributed by atoms with van der Waals surface area (Å²) in [7, 11) is 1.58. The summed E-state index contributed by atoms with van der Waals surface area (Å²) in [5.74, 6) is -0.191. The first kappa shape index (κ1) is 13.3. The minimum atomic E-state index is -0.761. The summed E-state index contributed by atoms with van der Waals surface area (Å²) in [4.78, 5) is 13.0. The predicted octanol–water partition coefficient (Wildman–Crippen LogP) is 3.56. The Hall–Kier alpha value is -2.12. The van der Waals surface area contributed by atoms with Gasteiger partial charge in [-0.1, -0.05) is 12.1 Å². The summed E-state index contributed by atoms with van der Waals surface area (Å²) in [5.41, 5.74) is 1.62. The number of ether oxygens (including phenoxy) is 1. The molecule has 0 saturated carbocycles. The van der Waals surface area contributed by atoms with Crippen molar-refractivity contribution in [2.45, 2.75) is 12.8 Å². The minimum Gasteiger partial charge on any atom is -0.497 e. The van der Waals surface area contributed by atoms with Crippen LogP contribution in [0.4, 0.5) is 0 Å². The van der Waals surface area contributed by atoms with Gasteiger partial charge in [0.15, 0.2) is 5.78 Å². The smallest absolute Gasteiger partial charge is 0.194 e. The molecule has 1 aromatic carbocycles. The third-order valence-electron chi connectivity index (χ3n) is 2.93. The molecule has 2 aromatic rings. The third kappa shape index (κ3) is 2.67. The molecule has 0 fully saturated rings. The van der Waals surface area contributed by atoms with E-state index < -0.39 is 5.92 Å². The van der Waals surface area contributed by atoms with E-state index in [0.29, 0.717) is 16.2 Å². The molecule has 1 aromatic heterocycles. The van der Waals surface area contributed by atoms with Crippen LogP contribution in [0, 0.1) is 18.3 Å². The second-order valence-electron chi connectivity index (χ2n) is 4.13. The second kappa shape index (κ2) is 5.68. The molecule has 0 saturated heterocycles. The topological polar surface area (TPSA) is 50.1 Å². The minimum absolute atomic E-state index is 0.139. The zero-order chi connectivity index (χ0) is 13.8. The van der Waals surface area contributed by atoms with E-state index >= 15 is 0 Å². The Morgan fingerprint density at radius 3 is 2.47 bits per heavy atom. The molecular formula is C15H13NO2S. The van der Waals surface area contributed by atoms with Gasteiger partial charge < -0.3 is 4.74 Å². The number of rotatable bonds is 4. The average molecular weight is 271 g/mol. The monoisotopic (exact) mass is 271 g/mol. The van der Waals surface area contributed by atoms with Gasteiger partial charge in [-0.25, -0.2) is 0 Å². The summed E-state index contributed by atoms with van der Waals surface area (Å²) >= 11 is 1.38. The molecule has 0 N–H and O–H groups in total. The Kier molecular flexibility index (Phi) is 3.98. The zero-order valence-electron chi connectivity index (χ0n) is 10.7. The maximum absolute atomic E-state index is 12.4. The average Bonchev–Trinajstić information content (AvgIpc) is 2.86. The first-order chi connectivity index (χ1) is 9.17. The highest BCUT2D eigenvalue weighted by molar-refractivity contribution is 7.12. The first-order valence-electron chi connectivity index (χ1n) is 5.79. The molecule has 19 heavy (non-hydrogen) atoms. The summed E-state index contributed by atoms with van der Waals surface area (Å²) < 4.78 is 5.07. The summed E-state index contributed by atoms with van der Waals surface area (Å²) in [5, 5.41) is 11.1. The van der Waals surface area contributed by atoms with Gasteiger partial charge in [0, 0.05) is 0 Å². The van der Waals surface area contributed by atoms with Gasteiger partial charge in [0.05, 0.1) is 18.1 Å². The summed E-state index contributed by atoms with van der Waals surface area (Å²) in [6.07, 6.45) is 0. The van der Waals surface area contributed by atoms with Crippen molar-refractivity contribution in [1.82, 2.24) is 0 Å². The molecule has 4 heteroatoms. The van der Waals surface area contributed by atoms with E-state index in [1.807, 2.05) is 18.4 Å². The molecule has 0 radical (unpaired) electrons. The first-order valence-corrected chi connectivity index (χ1v) is 6.67. The van der Waals surface area contributed by atoms with Crippen LogP contribution in [0.25, 0.3) is 0 Å². The van der Waals surface area contributed by atoms with E-state index in [0.717, 1.165) is 5.56 Å². The van der Waals surface area contributed by atoms with Gasteiger partial charge in [0.2, 0.25) is 0 Å². The molecule has 3 nitrogen and oxygen atoms in total. The van der Waals surface area contributed by atoms with E-state index in [9.17, 15) is 10.1 Å². The molecule has 0 spiro atoms. The van der Waals surface area contributed by atoms with Crippen LogP contribution < -0.4 is 4.74 Å². The summed E-state index contributed by atoms with van der Waals surface area (Å²) in [6, 6.07) is 11.0. The number of benzene rings is 1. The van der Waals surface area contributed by atoms with Crippen molar-refractivity contribution >= 4 is 17.1 Å². The van der Waals surface area contributed by atoms with Gasteiger partial charge in [-0.2, -0.15) is 5.26 Å². The molecule has 96 valence electrons. The Balaban J connectivity index is 2.32. The van der Waals surface area contributed by atoms with Crippen molar-refractivity contribution in [2.75, 3.05) is 7.11 Å². The highest BCUT2D eigenvalue weighted by atomic mass is 32.1. The number of methoxy groups -OCH3 is 1. The molecule has 0 aliphatic carbocycles. The quantitative estimate of drug-likeness (QED) is 0.799. The molecule has 0 bridgehead atoms. The van der Waals surface area contributed by atoms with E-state index in [2.05, 4.69) is 6.07 Å². The van der Waals surface area contributed by atoms with Crippen LogP contribution in [0.2, 0.25) is 0 Å². The maximum atomic E-state index is 12.4. The Morgan fingerprint density at radius 2 is 2.00 bits per heavy atom. The highest BCUT2D eigenvalue weighted by Crippen LogP contribution is 2.26. The number of nitrogens with zero attached hydrogens (tertiary/aromatic N) is 1. The number of hydrogen-bond donors (Lipinski definition) is 0. The predicted molar refractivity (Wildman–Crippen MR) is 74.7 cm³/mol. The van der Waals surface area contributed by atoms with Crippen LogP contribution in [0.1, 0.15) is 26.7 Å². The standard InChI is InChI=1S/C15H13NO2S/c1-10-7-8-19-15(10)14(17)13(9-16)11-3-5-12(18-2)6-4-11/h3-8,13H,1-2H3.